The Morgan fingerprint density at radius 1 is 1.62 bits per heavy atom. The first-order valence-electron chi connectivity index (χ1n) is 3.37. The monoisotopic (exact) mass is 301 g/mol. The first kappa shape index (κ1) is 10.6. The molecule has 0 fully saturated rings. The summed E-state index contributed by atoms with van der Waals surface area (Å²) in [4.78, 5) is 13.4. The SMILES string of the molecule is O=c1cc(I)[nH]c(C(F)F)c1CO. The van der Waals surface area contributed by atoms with E-state index in [-0.39, 0.29) is 5.56 Å². The number of pyridine rings is 1. The maximum absolute atomic E-state index is 12.3. The summed E-state index contributed by atoms with van der Waals surface area (Å²) in [6.45, 7) is -0.675. The summed E-state index contributed by atoms with van der Waals surface area (Å²) in [5.74, 6) is 0. The van der Waals surface area contributed by atoms with Gasteiger partial charge in [0.15, 0.2) is 5.43 Å². The fourth-order valence-corrected chi connectivity index (χ4v) is 1.50. The van der Waals surface area contributed by atoms with Crippen LogP contribution in [-0.4, -0.2) is 10.1 Å². The number of aromatic nitrogens is 1. The molecule has 0 aromatic carbocycles. The number of hydrogen-bond donors (Lipinski definition) is 2. The molecule has 1 rings (SSSR count). The first-order chi connectivity index (χ1) is 6.06. The molecule has 0 saturated carbocycles. The number of aliphatic hydroxyl groups excluding tert-OH is 1. The topological polar surface area (TPSA) is 53.1 Å². The van der Waals surface area contributed by atoms with Gasteiger partial charge >= 0.3 is 0 Å². The predicted molar refractivity (Wildman–Crippen MR) is 50.7 cm³/mol. The Morgan fingerprint density at radius 2 is 2.23 bits per heavy atom. The molecule has 3 nitrogen and oxygen atoms in total. The number of aromatic amines is 1. The minimum Gasteiger partial charge on any atom is -0.391 e. The number of alkyl halides is 2. The van der Waals surface area contributed by atoms with Gasteiger partial charge in [0, 0.05) is 11.6 Å². The van der Waals surface area contributed by atoms with Crippen molar-refractivity contribution in [1.82, 2.24) is 4.98 Å². The Labute approximate surface area is 85.9 Å². The van der Waals surface area contributed by atoms with Crippen molar-refractivity contribution in [3.05, 3.63) is 31.2 Å². The molecule has 2 N–H and O–H groups in total. The van der Waals surface area contributed by atoms with Gasteiger partial charge in [-0.25, -0.2) is 8.78 Å². The van der Waals surface area contributed by atoms with Crippen molar-refractivity contribution >= 4 is 22.6 Å². The van der Waals surface area contributed by atoms with Gasteiger partial charge < -0.3 is 10.1 Å². The van der Waals surface area contributed by atoms with Gasteiger partial charge in [0.05, 0.1) is 16.0 Å². The van der Waals surface area contributed by atoms with E-state index >= 15 is 0 Å². The van der Waals surface area contributed by atoms with Crippen LogP contribution in [0.2, 0.25) is 0 Å². The van der Waals surface area contributed by atoms with Gasteiger partial charge in [0.1, 0.15) is 0 Å². The van der Waals surface area contributed by atoms with Gasteiger partial charge in [0.25, 0.3) is 6.43 Å². The second-order valence-electron chi connectivity index (χ2n) is 2.33. The lowest BCUT2D eigenvalue weighted by atomic mass is 10.2. The molecule has 0 radical (unpaired) electrons. The van der Waals surface area contributed by atoms with Crippen LogP contribution in [-0.2, 0) is 6.61 Å². The van der Waals surface area contributed by atoms with Crippen molar-refractivity contribution in [2.75, 3.05) is 0 Å². The van der Waals surface area contributed by atoms with Crippen molar-refractivity contribution in [3.63, 3.8) is 0 Å². The molecule has 0 atom stereocenters. The van der Waals surface area contributed by atoms with E-state index in [0.717, 1.165) is 6.07 Å². The van der Waals surface area contributed by atoms with Gasteiger partial charge in [-0.2, -0.15) is 0 Å². The second kappa shape index (κ2) is 4.14. The molecule has 1 aromatic heterocycles. The first-order valence-corrected chi connectivity index (χ1v) is 4.44. The number of aliphatic hydroxyl groups is 1. The molecule has 0 bridgehead atoms. The third kappa shape index (κ3) is 2.25. The Bertz CT molecular complexity index is 364. The minimum absolute atomic E-state index is 0.268. The third-order valence-corrected chi connectivity index (χ3v) is 2.09. The van der Waals surface area contributed by atoms with Crippen molar-refractivity contribution < 1.29 is 13.9 Å². The average Bonchev–Trinajstić information content (AvgIpc) is 2.02. The van der Waals surface area contributed by atoms with Gasteiger partial charge in [0.2, 0.25) is 0 Å². The molecule has 0 spiro atoms. The highest BCUT2D eigenvalue weighted by Crippen LogP contribution is 2.19. The standard InChI is InChI=1S/C7H6F2INO2/c8-7(9)6-3(2-12)4(13)1-5(10)11-6/h1,7,12H,2H2,(H,11,13). The van der Waals surface area contributed by atoms with E-state index in [4.69, 9.17) is 5.11 Å². The van der Waals surface area contributed by atoms with E-state index in [1.54, 1.807) is 22.6 Å². The van der Waals surface area contributed by atoms with Gasteiger partial charge in [-0.15, -0.1) is 0 Å². The fourth-order valence-electron chi connectivity index (χ4n) is 0.924. The van der Waals surface area contributed by atoms with Crippen LogP contribution >= 0.6 is 22.6 Å². The highest BCUT2D eigenvalue weighted by Gasteiger charge is 2.16. The molecular formula is C7H6F2INO2. The Kier molecular flexibility index (Phi) is 3.37. The zero-order valence-corrected chi connectivity index (χ0v) is 8.51. The highest BCUT2D eigenvalue weighted by molar-refractivity contribution is 14.1. The van der Waals surface area contributed by atoms with Crippen molar-refractivity contribution in [2.45, 2.75) is 13.0 Å². The van der Waals surface area contributed by atoms with Crippen LogP contribution in [0.5, 0.6) is 0 Å². The summed E-state index contributed by atoms with van der Waals surface area (Å²) in [6, 6.07) is 1.16. The van der Waals surface area contributed by atoms with Crippen LogP contribution in [0.25, 0.3) is 0 Å². The summed E-state index contributed by atoms with van der Waals surface area (Å²) in [7, 11) is 0. The Balaban J connectivity index is 3.38. The summed E-state index contributed by atoms with van der Waals surface area (Å²) >= 11 is 1.73. The summed E-state index contributed by atoms with van der Waals surface area (Å²) in [5, 5.41) is 8.68. The average molecular weight is 301 g/mol. The molecular weight excluding hydrogens is 295 g/mol. The van der Waals surface area contributed by atoms with Crippen LogP contribution in [0.15, 0.2) is 10.9 Å². The Hall–Kier alpha value is -0.500. The normalized spacial score (nSPS) is 10.8. The van der Waals surface area contributed by atoms with Crippen LogP contribution in [0.4, 0.5) is 8.78 Å². The third-order valence-electron chi connectivity index (χ3n) is 1.51. The van der Waals surface area contributed by atoms with E-state index in [9.17, 15) is 13.6 Å². The molecule has 0 aliphatic heterocycles. The van der Waals surface area contributed by atoms with Gasteiger partial charge in [-0.05, 0) is 22.6 Å². The lowest BCUT2D eigenvalue weighted by Crippen LogP contribution is -2.14. The van der Waals surface area contributed by atoms with Gasteiger partial charge in [-0.3, -0.25) is 4.79 Å². The fraction of sp³-hybridized carbons (Fsp3) is 0.286. The molecule has 0 amide bonds. The van der Waals surface area contributed by atoms with Crippen LogP contribution < -0.4 is 5.43 Å². The predicted octanol–water partition coefficient (Wildman–Crippen LogP) is 1.41. The molecule has 1 heterocycles. The second-order valence-corrected chi connectivity index (χ2v) is 3.49. The van der Waals surface area contributed by atoms with Crippen molar-refractivity contribution in [2.24, 2.45) is 0 Å². The van der Waals surface area contributed by atoms with Gasteiger partial charge in [-0.1, -0.05) is 0 Å². The largest absolute Gasteiger partial charge is 0.391 e. The highest BCUT2D eigenvalue weighted by atomic mass is 127. The molecule has 1 aromatic rings. The van der Waals surface area contributed by atoms with E-state index in [1.807, 2.05) is 0 Å². The van der Waals surface area contributed by atoms with E-state index in [2.05, 4.69) is 4.98 Å². The van der Waals surface area contributed by atoms with Crippen LogP contribution in [0, 0.1) is 3.70 Å². The maximum Gasteiger partial charge on any atom is 0.278 e. The number of halogens is 3. The van der Waals surface area contributed by atoms with Crippen molar-refractivity contribution in [1.29, 1.82) is 0 Å². The summed E-state index contributed by atoms with van der Waals surface area (Å²) in [6.07, 6.45) is -2.77. The van der Waals surface area contributed by atoms with E-state index in [1.165, 1.54) is 0 Å². The zero-order chi connectivity index (χ0) is 10.0. The summed E-state index contributed by atoms with van der Waals surface area (Å²) in [5.41, 5.74) is -1.34. The number of H-pyrrole nitrogens is 1. The van der Waals surface area contributed by atoms with Crippen molar-refractivity contribution in [3.8, 4) is 0 Å². The molecule has 0 aliphatic rings. The molecule has 13 heavy (non-hydrogen) atoms. The van der Waals surface area contributed by atoms with E-state index in [0.29, 0.717) is 3.70 Å². The lowest BCUT2D eigenvalue weighted by molar-refractivity contribution is 0.141. The Morgan fingerprint density at radius 3 is 2.69 bits per heavy atom. The van der Waals surface area contributed by atoms with E-state index < -0.39 is 24.2 Å². The smallest absolute Gasteiger partial charge is 0.278 e. The number of nitrogens with one attached hydrogen (secondary N) is 1. The molecule has 0 unspecified atom stereocenters. The number of rotatable bonds is 2. The minimum atomic E-state index is -2.77. The van der Waals surface area contributed by atoms with Crippen LogP contribution in [0.3, 0.4) is 0 Å². The maximum atomic E-state index is 12.3. The molecule has 6 heteroatoms. The van der Waals surface area contributed by atoms with Crippen LogP contribution in [0.1, 0.15) is 17.7 Å². The number of hydrogen-bond acceptors (Lipinski definition) is 2. The molecule has 0 saturated heterocycles. The summed E-state index contributed by atoms with van der Waals surface area (Å²) < 4.78 is 24.9. The lowest BCUT2D eigenvalue weighted by Gasteiger charge is -2.05. The quantitative estimate of drug-likeness (QED) is 0.641. The molecule has 0 aliphatic carbocycles. The zero-order valence-electron chi connectivity index (χ0n) is 6.35. The molecule has 72 valence electrons.